The van der Waals surface area contributed by atoms with Crippen molar-refractivity contribution >= 4 is 37.9 Å². The minimum absolute atomic E-state index is 0.0657. The maximum Gasteiger partial charge on any atom is 0.243 e. The van der Waals surface area contributed by atoms with Crippen molar-refractivity contribution in [2.45, 2.75) is 13.8 Å². The third kappa shape index (κ3) is 3.81. The lowest BCUT2D eigenvalue weighted by Crippen LogP contribution is -1.98. The van der Waals surface area contributed by atoms with E-state index in [-0.39, 0.29) is 5.70 Å². The molecule has 0 saturated heterocycles. The molecule has 17 heavy (non-hydrogen) atoms. The molecule has 0 aliphatic heterocycles. The van der Waals surface area contributed by atoms with Gasteiger partial charge in [0.05, 0.1) is 16.0 Å². The largest absolute Gasteiger partial charge is 0.492 e. The van der Waals surface area contributed by atoms with E-state index in [4.69, 9.17) is 4.74 Å². The summed E-state index contributed by atoms with van der Waals surface area (Å²) in [6.07, 6.45) is 1.49. The van der Waals surface area contributed by atoms with E-state index in [1.165, 1.54) is 13.0 Å². The number of hydrogen-bond donors (Lipinski definition) is 0. The van der Waals surface area contributed by atoms with Crippen molar-refractivity contribution in [2.24, 2.45) is 0 Å². The second-order valence-electron chi connectivity index (χ2n) is 3.28. The van der Waals surface area contributed by atoms with Crippen molar-refractivity contribution in [3.05, 3.63) is 42.5 Å². The van der Waals surface area contributed by atoms with E-state index in [0.29, 0.717) is 17.9 Å². The Hall–Kier alpha value is -0.880. The second kappa shape index (κ2) is 6.16. The summed E-state index contributed by atoms with van der Waals surface area (Å²) in [4.78, 5) is 10.2. The van der Waals surface area contributed by atoms with Crippen LogP contribution in [0.3, 0.4) is 0 Å². The molecule has 0 N–H and O–H groups in total. The van der Waals surface area contributed by atoms with Crippen molar-refractivity contribution in [1.29, 1.82) is 0 Å². The van der Waals surface area contributed by atoms with Crippen LogP contribution in [-0.2, 0) is 0 Å². The van der Waals surface area contributed by atoms with Gasteiger partial charge in [-0.1, -0.05) is 15.9 Å². The molecule has 0 spiro atoms. The van der Waals surface area contributed by atoms with Gasteiger partial charge in [-0.2, -0.15) is 0 Å². The minimum Gasteiger partial charge on any atom is -0.492 e. The van der Waals surface area contributed by atoms with E-state index in [1.54, 1.807) is 6.07 Å². The zero-order valence-corrected chi connectivity index (χ0v) is 12.5. The molecular formula is C11H11Br2NO3. The Balaban J connectivity index is 3.30. The van der Waals surface area contributed by atoms with Gasteiger partial charge in [-0.3, -0.25) is 10.1 Å². The van der Waals surface area contributed by atoms with Crippen LogP contribution in [-0.4, -0.2) is 11.5 Å². The average molecular weight is 365 g/mol. The zero-order valence-electron chi connectivity index (χ0n) is 9.37. The Morgan fingerprint density at radius 3 is 2.71 bits per heavy atom. The van der Waals surface area contributed by atoms with E-state index in [9.17, 15) is 10.1 Å². The average Bonchev–Trinajstić information content (AvgIpc) is 2.22. The minimum atomic E-state index is -0.426. The summed E-state index contributed by atoms with van der Waals surface area (Å²) in [5, 5.41) is 10.6. The predicted octanol–water partition coefficient (Wildman–Crippen LogP) is 4.25. The van der Waals surface area contributed by atoms with Crippen molar-refractivity contribution < 1.29 is 9.66 Å². The maximum absolute atomic E-state index is 10.6. The maximum atomic E-state index is 10.6. The van der Waals surface area contributed by atoms with Gasteiger partial charge in [0.25, 0.3) is 0 Å². The van der Waals surface area contributed by atoms with Crippen LogP contribution >= 0.6 is 31.9 Å². The van der Waals surface area contributed by atoms with Gasteiger partial charge >= 0.3 is 0 Å². The number of benzene rings is 1. The van der Waals surface area contributed by atoms with Gasteiger partial charge in [-0.05, 0) is 35.0 Å². The quantitative estimate of drug-likeness (QED) is 0.592. The highest BCUT2D eigenvalue weighted by Crippen LogP contribution is 2.34. The van der Waals surface area contributed by atoms with Gasteiger partial charge in [0, 0.05) is 23.0 Å². The molecule has 0 heterocycles. The molecule has 1 aromatic carbocycles. The van der Waals surface area contributed by atoms with Crippen LogP contribution < -0.4 is 4.74 Å². The van der Waals surface area contributed by atoms with Gasteiger partial charge < -0.3 is 4.74 Å². The Morgan fingerprint density at radius 2 is 2.18 bits per heavy atom. The lowest BCUT2D eigenvalue weighted by molar-refractivity contribution is -0.422. The number of allylic oxidation sites excluding steroid dienone is 1. The van der Waals surface area contributed by atoms with Crippen molar-refractivity contribution in [1.82, 2.24) is 0 Å². The van der Waals surface area contributed by atoms with Crippen LogP contribution in [0.5, 0.6) is 5.75 Å². The van der Waals surface area contributed by atoms with Crippen LogP contribution in [0.15, 0.2) is 26.8 Å². The van der Waals surface area contributed by atoms with Crippen molar-refractivity contribution in [3.8, 4) is 5.75 Å². The van der Waals surface area contributed by atoms with Crippen LogP contribution in [0.1, 0.15) is 19.4 Å². The molecule has 0 atom stereocenters. The van der Waals surface area contributed by atoms with E-state index in [1.807, 2.05) is 13.0 Å². The summed E-state index contributed by atoms with van der Waals surface area (Å²) < 4.78 is 7.06. The van der Waals surface area contributed by atoms with Crippen molar-refractivity contribution in [2.75, 3.05) is 6.61 Å². The van der Waals surface area contributed by atoms with Gasteiger partial charge in [-0.25, -0.2) is 0 Å². The first kappa shape index (κ1) is 14.2. The van der Waals surface area contributed by atoms with Gasteiger partial charge in [0.2, 0.25) is 5.70 Å². The molecule has 6 heteroatoms. The standard InChI is InChI=1S/C11H11Br2NO3/c1-3-17-11-8(4-7(2)14(15)16)5-9(12)6-10(11)13/h4-6H,3H2,1-2H3/b7-4-. The fourth-order valence-electron chi connectivity index (χ4n) is 1.26. The Bertz CT molecular complexity index is 472. The third-order valence-corrected chi connectivity index (χ3v) is 3.03. The number of ether oxygens (including phenoxy) is 1. The second-order valence-corrected chi connectivity index (χ2v) is 5.05. The summed E-state index contributed by atoms with van der Waals surface area (Å²) in [5.74, 6) is 0.608. The molecule has 0 unspecified atom stereocenters. The molecule has 0 aliphatic rings. The van der Waals surface area contributed by atoms with Gasteiger partial charge in [-0.15, -0.1) is 0 Å². The highest BCUT2D eigenvalue weighted by Gasteiger charge is 2.11. The molecule has 0 aromatic heterocycles. The lowest BCUT2D eigenvalue weighted by atomic mass is 10.1. The van der Waals surface area contributed by atoms with Gasteiger partial charge in [0.15, 0.2) is 0 Å². The SMILES string of the molecule is CCOc1c(Br)cc(Br)cc1/C=C(/C)[N+](=O)[O-]. The molecule has 1 aromatic rings. The normalized spacial score (nSPS) is 11.4. The number of hydrogen-bond acceptors (Lipinski definition) is 3. The predicted molar refractivity (Wildman–Crippen MR) is 73.7 cm³/mol. The summed E-state index contributed by atoms with van der Waals surface area (Å²) >= 11 is 6.71. The monoisotopic (exact) mass is 363 g/mol. The first-order chi connectivity index (χ1) is 7.95. The summed E-state index contributed by atoms with van der Waals surface area (Å²) in [6, 6.07) is 3.62. The summed E-state index contributed by atoms with van der Waals surface area (Å²) in [5.41, 5.74) is 0.734. The van der Waals surface area contributed by atoms with Crippen LogP contribution in [0.2, 0.25) is 0 Å². The molecular weight excluding hydrogens is 354 g/mol. The fourth-order valence-corrected chi connectivity index (χ4v) is 2.63. The third-order valence-electron chi connectivity index (χ3n) is 1.98. The highest BCUT2D eigenvalue weighted by molar-refractivity contribution is 9.11. The number of nitrogens with zero attached hydrogens (tertiary/aromatic N) is 1. The van der Waals surface area contributed by atoms with Crippen molar-refractivity contribution in [3.63, 3.8) is 0 Å². The first-order valence-corrected chi connectivity index (χ1v) is 6.48. The molecule has 0 bridgehead atoms. The number of halogens is 2. The van der Waals surface area contributed by atoms with E-state index in [0.717, 1.165) is 8.95 Å². The summed E-state index contributed by atoms with van der Waals surface area (Å²) in [7, 11) is 0. The molecule has 0 aliphatic carbocycles. The molecule has 0 saturated carbocycles. The van der Waals surface area contributed by atoms with E-state index < -0.39 is 4.92 Å². The topological polar surface area (TPSA) is 52.4 Å². The lowest BCUT2D eigenvalue weighted by Gasteiger charge is -2.10. The Morgan fingerprint density at radius 1 is 1.53 bits per heavy atom. The molecule has 0 amide bonds. The Labute approximate surface area is 116 Å². The molecule has 1 rings (SSSR count). The first-order valence-electron chi connectivity index (χ1n) is 4.90. The van der Waals surface area contributed by atoms with Gasteiger partial charge in [0.1, 0.15) is 5.75 Å². The fraction of sp³-hybridized carbons (Fsp3) is 0.273. The molecule has 4 nitrogen and oxygen atoms in total. The highest BCUT2D eigenvalue weighted by atomic mass is 79.9. The summed E-state index contributed by atoms with van der Waals surface area (Å²) in [6.45, 7) is 3.81. The smallest absolute Gasteiger partial charge is 0.243 e. The molecule has 0 fully saturated rings. The Kier molecular flexibility index (Phi) is 5.14. The molecule has 92 valence electrons. The van der Waals surface area contributed by atoms with Crippen LogP contribution in [0.25, 0.3) is 6.08 Å². The number of nitro groups is 1. The van der Waals surface area contributed by atoms with Crippen LogP contribution in [0.4, 0.5) is 0 Å². The van der Waals surface area contributed by atoms with E-state index >= 15 is 0 Å². The van der Waals surface area contributed by atoms with Crippen LogP contribution in [0, 0.1) is 10.1 Å². The number of rotatable bonds is 4. The van der Waals surface area contributed by atoms with E-state index in [2.05, 4.69) is 31.9 Å². The molecule has 0 radical (unpaired) electrons. The zero-order chi connectivity index (χ0) is 13.0.